The Balaban J connectivity index is 2.49. The summed E-state index contributed by atoms with van der Waals surface area (Å²) in [5.74, 6) is 2.10. The molecular weight excluding hydrogens is 196 g/mol. The van der Waals surface area contributed by atoms with Crippen LogP contribution in [-0.4, -0.2) is 28.4 Å². The first kappa shape index (κ1) is 11.4. The van der Waals surface area contributed by atoms with Gasteiger partial charge in [0.25, 0.3) is 0 Å². The Morgan fingerprint density at radius 1 is 1.43 bits per heavy atom. The Bertz CT molecular complexity index is 297. The summed E-state index contributed by atoms with van der Waals surface area (Å²) < 4.78 is 7.55. The molecule has 3 nitrogen and oxygen atoms in total. The molecule has 1 aromatic rings. The van der Waals surface area contributed by atoms with Crippen LogP contribution in [0.25, 0.3) is 0 Å². The molecule has 0 aliphatic heterocycles. The van der Waals surface area contributed by atoms with Crippen molar-refractivity contribution in [3.8, 4) is 5.75 Å². The van der Waals surface area contributed by atoms with Gasteiger partial charge >= 0.3 is 0 Å². The highest BCUT2D eigenvalue weighted by molar-refractivity contribution is 7.98. The van der Waals surface area contributed by atoms with E-state index in [9.17, 15) is 0 Å². The first-order valence-corrected chi connectivity index (χ1v) is 6.18. The monoisotopic (exact) mass is 214 g/mol. The average Bonchev–Trinajstić information content (AvgIpc) is 2.38. The molecule has 0 saturated carbocycles. The lowest BCUT2D eigenvalue weighted by Crippen LogP contribution is -2.00. The van der Waals surface area contributed by atoms with Crippen molar-refractivity contribution < 1.29 is 4.74 Å². The topological polar surface area (TPSA) is 27.1 Å². The maximum absolute atomic E-state index is 5.69. The predicted octanol–water partition coefficient (Wildman–Crippen LogP) is 2.17. The van der Waals surface area contributed by atoms with Crippen molar-refractivity contribution in [3.63, 3.8) is 0 Å². The van der Waals surface area contributed by atoms with E-state index in [4.69, 9.17) is 4.74 Å². The SMILES string of the molecule is CSCCCOc1c(C)nn(C)c1C. The summed E-state index contributed by atoms with van der Waals surface area (Å²) in [6.07, 6.45) is 3.20. The Morgan fingerprint density at radius 2 is 2.14 bits per heavy atom. The Hall–Kier alpha value is -0.640. The lowest BCUT2D eigenvalue weighted by Gasteiger charge is -2.05. The summed E-state index contributed by atoms with van der Waals surface area (Å²) in [6, 6.07) is 0. The van der Waals surface area contributed by atoms with Gasteiger partial charge in [0.2, 0.25) is 0 Å². The molecule has 0 saturated heterocycles. The number of aromatic nitrogens is 2. The maximum atomic E-state index is 5.69. The third-order valence-electron chi connectivity index (χ3n) is 2.18. The number of hydrogen-bond donors (Lipinski definition) is 0. The van der Waals surface area contributed by atoms with Crippen LogP contribution in [0.5, 0.6) is 5.75 Å². The normalized spacial score (nSPS) is 10.6. The number of aryl methyl sites for hydroxylation is 2. The first-order chi connectivity index (χ1) is 6.66. The van der Waals surface area contributed by atoms with Crippen LogP contribution in [0.1, 0.15) is 17.8 Å². The molecule has 0 atom stereocenters. The van der Waals surface area contributed by atoms with Crippen LogP contribution in [0.3, 0.4) is 0 Å². The van der Waals surface area contributed by atoms with Gasteiger partial charge in [-0.25, -0.2) is 0 Å². The summed E-state index contributed by atoms with van der Waals surface area (Å²) >= 11 is 1.85. The van der Waals surface area contributed by atoms with Crippen LogP contribution in [0.15, 0.2) is 0 Å². The zero-order valence-corrected chi connectivity index (χ0v) is 10.1. The largest absolute Gasteiger partial charge is 0.490 e. The molecule has 0 bridgehead atoms. The molecule has 0 N–H and O–H groups in total. The summed E-state index contributed by atoms with van der Waals surface area (Å²) in [7, 11) is 1.94. The lowest BCUT2D eigenvalue weighted by atomic mass is 10.3. The van der Waals surface area contributed by atoms with Gasteiger partial charge in [-0.3, -0.25) is 4.68 Å². The van der Waals surface area contributed by atoms with E-state index in [1.54, 1.807) is 0 Å². The molecule has 0 aliphatic rings. The fourth-order valence-corrected chi connectivity index (χ4v) is 1.75. The third-order valence-corrected chi connectivity index (χ3v) is 2.88. The van der Waals surface area contributed by atoms with Crippen molar-refractivity contribution in [2.75, 3.05) is 18.6 Å². The second kappa shape index (κ2) is 5.29. The number of thioether (sulfide) groups is 1. The number of hydrogen-bond acceptors (Lipinski definition) is 3. The van der Waals surface area contributed by atoms with Gasteiger partial charge in [-0.2, -0.15) is 16.9 Å². The Labute approximate surface area is 89.8 Å². The van der Waals surface area contributed by atoms with Crippen molar-refractivity contribution in [2.24, 2.45) is 7.05 Å². The molecule has 0 aromatic carbocycles. The zero-order chi connectivity index (χ0) is 10.6. The van der Waals surface area contributed by atoms with E-state index >= 15 is 0 Å². The minimum atomic E-state index is 0.786. The van der Waals surface area contributed by atoms with Crippen LogP contribution < -0.4 is 4.74 Å². The van der Waals surface area contributed by atoms with Gasteiger partial charge in [-0.1, -0.05) is 0 Å². The van der Waals surface area contributed by atoms with Gasteiger partial charge in [0.1, 0.15) is 5.69 Å². The zero-order valence-electron chi connectivity index (χ0n) is 9.33. The molecule has 0 amide bonds. The smallest absolute Gasteiger partial charge is 0.162 e. The van der Waals surface area contributed by atoms with Crippen molar-refractivity contribution in [1.29, 1.82) is 0 Å². The molecule has 0 fully saturated rings. The molecule has 1 rings (SSSR count). The van der Waals surface area contributed by atoms with E-state index < -0.39 is 0 Å². The number of ether oxygens (including phenoxy) is 1. The summed E-state index contributed by atoms with van der Waals surface area (Å²) in [6.45, 7) is 4.80. The quantitative estimate of drug-likeness (QED) is 0.703. The minimum Gasteiger partial charge on any atom is -0.490 e. The molecule has 80 valence electrons. The fraction of sp³-hybridized carbons (Fsp3) is 0.700. The average molecular weight is 214 g/mol. The van der Waals surface area contributed by atoms with Crippen LogP contribution >= 0.6 is 11.8 Å². The highest BCUT2D eigenvalue weighted by atomic mass is 32.2. The van der Waals surface area contributed by atoms with E-state index in [1.807, 2.05) is 37.3 Å². The maximum Gasteiger partial charge on any atom is 0.162 e. The minimum absolute atomic E-state index is 0.786. The second-order valence-electron chi connectivity index (χ2n) is 3.32. The number of rotatable bonds is 5. The molecule has 0 radical (unpaired) electrons. The van der Waals surface area contributed by atoms with Gasteiger partial charge in [0.15, 0.2) is 5.75 Å². The van der Waals surface area contributed by atoms with Crippen molar-refractivity contribution >= 4 is 11.8 Å². The fourth-order valence-electron chi connectivity index (χ4n) is 1.34. The first-order valence-electron chi connectivity index (χ1n) is 4.78. The van der Waals surface area contributed by atoms with Gasteiger partial charge in [-0.15, -0.1) is 0 Å². The molecule has 0 aliphatic carbocycles. The summed E-state index contributed by atoms with van der Waals surface area (Å²) in [5, 5.41) is 4.30. The Morgan fingerprint density at radius 3 is 2.64 bits per heavy atom. The van der Waals surface area contributed by atoms with E-state index in [0.717, 1.165) is 35.9 Å². The lowest BCUT2D eigenvalue weighted by molar-refractivity contribution is 0.314. The Kier molecular flexibility index (Phi) is 4.32. The molecule has 1 aromatic heterocycles. The molecule has 0 unspecified atom stereocenters. The molecule has 0 spiro atoms. The highest BCUT2D eigenvalue weighted by Crippen LogP contribution is 2.21. The van der Waals surface area contributed by atoms with E-state index in [2.05, 4.69) is 11.4 Å². The molecular formula is C10H18N2OS. The molecule has 1 heterocycles. The summed E-state index contributed by atoms with van der Waals surface area (Å²) in [4.78, 5) is 0. The standard InChI is InChI=1S/C10H18N2OS/c1-8-10(9(2)12(3)11-8)13-6-5-7-14-4/h5-7H2,1-4H3. The van der Waals surface area contributed by atoms with Gasteiger partial charge in [-0.05, 0) is 32.3 Å². The highest BCUT2D eigenvalue weighted by Gasteiger charge is 2.09. The molecule has 4 heteroatoms. The van der Waals surface area contributed by atoms with E-state index in [1.165, 1.54) is 0 Å². The summed E-state index contributed by atoms with van der Waals surface area (Å²) in [5.41, 5.74) is 2.08. The van der Waals surface area contributed by atoms with Crippen molar-refractivity contribution in [2.45, 2.75) is 20.3 Å². The van der Waals surface area contributed by atoms with Crippen LogP contribution in [0.2, 0.25) is 0 Å². The third kappa shape index (κ3) is 2.67. The van der Waals surface area contributed by atoms with E-state index in [0.29, 0.717) is 0 Å². The van der Waals surface area contributed by atoms with Gasteiger partial charge < -0.3 is 4.74 Å². The van der Waals surface area contributed by atoms with Crippen LogP contribution in [0.4, 0.5) is 0 Å². The van der Waals surface area contributed by atoms with Gasteiger partial charge in [0.05, 0.1) is 12.3 Å². The second-order valence-corrected chi connectivity index (χ2v) is 4.30. The van der Waals surface area contributed by atoms with Crippen molar-refractivity contribution in [1.82, 2.24) is 9.78 Å². The predicted molar refractivity (Wildman–Crippen MR) is 61.2 cm³/mol. The molecule has 14 heavy (non-hydrogen) atoms. The van der Waals surface area contributed by atoms with Crippen LogP contribution in [-0.2, 0) is 7.05 Å². The van der Waals surface area contributed by atoms with Crippen LogP contribution in [0, 0.1) is 13.8 Å². The van der Waals surface area contributed by atoms with Crippen molar-refractivity contribution in [3.05, 3.63) is 11.4 Å². The number of nitrogens with zero attached hydrogens (tertiary/aromatic N) is 2. The van der Waals surface area contributed by atoms with E-state index in [-0.39, 0.29) is 0 Å². The van der Waals surface area contributed by atoms with Gasteiger partial charge in [0, 0.05) is 7.05 Å².